The quantitative estimate of drug-likeness (QED) is 0.422. The van der Waals surface area contributed by atoms with Crippen molar-refractivity contribution in [3.63, 3.8) is 0 Å². The molecule has 0 rings (SSSR count). The predicted octanol–water partition coefficient (Wildman–Crippen LogP) is -0.827. The molecule has 0 aromatic carbocycles. The molecule has 94 valence electrons. The van der Waals surface area contributed by atoms with E-state index in [1.54, 1.807) is 6.92 Å². The fourth-order valence-corrected chi connectivity index (χ4v) is 0.803. The molecule has 0 aromatic heterocycles. The van der Waals surface area contributed by atoms with E-state index in [0.29, 0.717) is 6.42 Å². The monoisotopic (exact) mass is 233 g/mol. The number of ether oxygens (including phenoxy) is 1. The van der Waals surface area contributed by atoms with Crippen molar-refractivity contribution in [1.82, 2.24) is 0 Å². The predicted molar refractivity (Wildman–Crippen MR) is 56.2 cm³/mol. The highest BCUT2D eigenvalue weighted by atomic mass is 16.6. The molecule has 6 heteroatoms. The van der Waals surface area contributed by atoms with Crippen LogP contribution in [-0.4, -0.2) is 40.9 Å². The maximum Gasteiger partial charge on any atom is 0.343 e. The Morgan fingerprint density at radius 3 is 2.25 bits per heavy atom. The first-order chi connectivity index (χ1) is 7.26. The van der Waals surface area contributed by atoms with Crippen molar-refractivity contribution in [3.05, 3.63) is 0 Å². The molecule has 1 unspecified atom stereocenters. The molecule has 2 atom stereocenters. The first kappa shape index (κ1) is 15.0. The number of aliphatic hydroxyl groups excluding tert-OH is 2. The van der Waals surface area contributed by atoms with E-state index in [2.05, 4.69) is 4.74 Å². The highest BCUT2D eigenvalue weighted by Crippen LogP contribution is 2.20. The van der Waals surface area contributed by atoms with Gasteiger partial charge in [0.1, 0.15) is 6.04 Å². The van der Waals surface area contributed by atoms with Crippen molar-refractivity contribution in [2.24, 2.45) is 11.1 Å². The van der Waals surface area contributed by atoms with Crippen LogP contribution in [0.5, 0.6) is 0 Å². The number of carbonyl (C=O) groups is 2. The number of hydrogen-bond donors (Lipinski definition) is 3. The number of nitrogens with two attached hydrogens (primary N) is 1. The standard InChI is InChI=1S/C10H19NO5/c1-4-6(11)8(14)16-9(15)7(13)10(2,3)5-12/h6-7,12-13H,4-5,11H2,1-3H3/t6?,7-/m0/s1. The van der Waals surface area contributed by atoms with Gasteiger partial charge in [-0.25, -0.2) is 9.59 Å². The third kappa shape index (κ3) is 3.88. The lowest BCUT2D eigenvalue weighted by atomic mass is 9.88. The molecule has 0 aromatic rings. The average molecular weight is 233 g/mol. The molecular formula is C10H19NO5. The first-order valence-electron chi connectivity index (χ1n) is 5.06. The van der Waals surface area contributed by atoms with E-state index >= 15 is 0 Å². The largest absolute Gasteiger partial charge is 0.396 e. The molecule has 0 aliphatic rings. The van der Waals surface area contributed by atoms with Gasteiger partial charge in [-0.1, -0.05) is 20.8 Å². The topological polar surface area (TPSA) is 110 Å². The van der Waals surface area contributed by atoms with Gasteiger partial charge in [-0.2, -0.15) is 0 Å². The van der Waals surface area contributed by atoms with E-state index < -0.39 is 36.1 Å². The molecule has 0 fully saturated rings. The van der Waals surface area contributed by atoms with Gasteiger partial charge in [-0.15, -0.1) is 0 Å². The van der Waals surface area contributed by atoms with Gasteiger partial charge in [-0.3, -0.25) is 0 Å². The lowest BCUT2D eigenvalue weighted by Crippen LogP contribution is -2.43. The zero-order valence-corrected chi connectivity index (χ0v) is 9.77. The number of carbonyl (C=O) groups excluding carboxylic acids is 2. The average Bonchev–Trinajstić information content (AvgIpc) is 2.26. The Hall–Kier alpha value is -0.980. The summed E-state index contributed by atoms with van der Waals surface area (Å²) in [7, 11) is 0. The Balaban J connectivity index is 4.43. The second kappa shape index (κ2) is 5.93. The summed E-state index contributed by atoms with van der Waals surface area (Å²) in [5, 5.41) is 18.4. The van der Waals surface area contributed by atoms with Crippen LogP contribution < -0.4 is 5.73 Å². The smallest absolute Gasteiger partial charge is 0.343 e. The summed E-state index contributed by atoms with van der Waals surface area (Å²) in [6.07, 6.45) is -1.23. The molecule has 0 bridgehead atoms. The van der Waals surface area contributed by atoms with Crippen LogP contribution in [0.2, 0.25) is 0 Å². The van der Waals surface area contributed by atoms with Crippen molar-refractivity contribution in [2.45, 2.75) is 39.3 Å². The first-order valence-corrected chi connectivity index (χ1v) is 5.06. The van der Waals surface area contributed by atoms with E-state index in [1.165, 1.54) is 13.8 Å². The second-order valence-corrected chi connectivity index (χ2v) is 4.30. The molecule has 0 aliphatic heterocycles. The van der Waals surface area contributed by atoms with Crippen LogP contribution in [-0.2, 0) is 14.3 Å². The highest BCUT2D eigenvalue weighted by molar-refractivity contribution is 5.90. The fourth-order valence-electron chi connectivity index (χ4n) is 0.803. The molecular weight excluding hydrogens is 214 g/mol. The van der Waals surface area contributed by atoms with Crippen molar-refractivity contribution >= 4 is 11.9 Å². The van der Waals surface area contributed by atoms with Crippen LogP contribution in [0.15, 0.2) is 0 Å². The van der Waals surface area contributed by atoms with E-state index in [9.17, 15) is 14.7 Å². The van der Waals surface area contributed by atoms with Gasteiger partial charge in [0, 0.05) is 5.41 Å². The van der Waals surface area contributed by atoms with Crippen LogP contribution in [0, 0.1) is 5.41 Å². The molecule has 0 radical (unpaired) electrons. The van der Waals surface area contributed by atoms with Gasteiger partial charge in [0.15, 0.2) is 6.10 Å². The van der Waals surface area contributed by atoms with Crippen LogP contribution >= 0.6 is 0 Å². The summed E-state index contributed by atoms with van der Waals surface area (Å²) >= 11 is 0. The van der Waals surface area contributed by atoms with Gasteiger partial charge < -0.3 is 20.7 Å². The summed E-state index contributed by atoms with van der Waals surface area (Å²) in [5.74, 6) is -1.96. The van der Waals surface area contributed by atoms with Crippen LogP contribution in [0.4, 0.5) is 0 Å². The minimum absolute atomic E-state index is 0.339. The summed E-state index contributed by atoms with van der Waals surface area (Å²) in [4.78, 5) is 22.5. The zero-order valence-electron chi connectivity index (χ0n) is 9.77. The summed E-state index contributed by atoms with van der Waals surface area (Å²) in [6, 6.07) is -0.881. The Bertz CT molecular complexity index is 264. The number of rotatable bonds is 5. The van der Waals surface area contributed by atoms with Crippen LogP contribution in [0.3, 0.4) is 0 Å². The molecule has 0 amide bonds. The lowest BCUT2D eigenvalue weighted by Gasteiger charge is -2.26. The van der Waals surface area contributed by atoms with Gasteiger partial charge >= 0.3 is 11.9 Å². The van der Waals surface area contributed by atoms with Crippen molar-refractivity contribution in [1.29, 1.82) is 0 Å². The molecule has 0 spiro atoms. The van der Waals surface area contributed by atoms with Crippen molar-refractivity contribution in [2.75, 3.05) is 6.61 Å². The van der Waals surface area contributed by atoms with Crippen molar-refractivity contribution < 1.29 is 24.5 Å². The van der Waals surface area contributed by atoms with Crippen LogP contribution in [0.25, 0.3) is 0 Å². The second-order valence-electron chi connectivity index (χ2n) is 4.30. The maximum absolute atomic E-state index is 11.3. The Kier molecular flexibility index (Phi) is 5.57. The molecule has 4 N–H and O–H groups in total. The molecule has 16 heavy (non-hydrogen) atoms. The minimum atomic E-state index is -1.56. The van der Waals surface area contributed by atoms with E-state index in [0.717, 1.165) is 0 Å². The molecule has 0 saturated heterocycles. The SMILES string of the molecule is CCC(N)C(=O)OC(=O)[C@H](O)C(C)(C)CO. The van der Waals surface area contributed by atoms with E-state index in [4.69, 9.17) is 10.8 Å². The summed E-state index contributed by atoms with van der Waals surface area (Å²) in [5.41, 5.74) is 4.29. The minimum Gasteiger partial charge on any atom is -0.396 e. The van der Waals surface area contributed by atoms with Gasteiger partial charge in [0.05, 0.1) is 6.61 Å². The number of hydrogen-bond acceptors (Lipinski definition) is 6. The highest BCUT2D eigenvalue weighted by Gasteiger charge is 2.35. The Labute approximate surface area is 94.4 Å². The molecule has 6 nitrogen and oxygen atoms in total. The third-order valence-corrected chi connectivity index (χ3v) is 2.31. The third-order valence-electron chi connectivity index (χ3n) is 2.31. The summed E-state index contributed by atoms with van der Waals surface area (Å²) < 4.78 is 4.39. The Morgan fingerprint density at radius 1 is 1.38 bits per heavy atom. The van der Waals surface area contributed by atoms with E-state index in [-0.39, 0.29) is 0 Å². The molecule has 0 heterocycles. The lowest BCUT2D eigenvalue weighted by molar-refractivity contribution is -0.172. The zero-order chi connectivity index (χ0) is 12.9. The number of aliphatic hydroxyl groups is 2. The summed E-state index contributed by atoms with van der Waals surface area (Å²) in [6.45, 7) is 4.22. The molecule has 0 aliphatic carbocycles. The van der Waals surface area contributed by atoms with Gasteiger partial charge in [-0.05, 0) is 6.42 Å². The number of esters is 2. The van der Waals surface area contributed by atoms with Gasteiger partial charge in [0.2, 0.25) is 0 Å². The molecule has 0 saturated carbocycles. The normalized spacial score (nSPS) is 15.4. The van der Waals surface area contributed by atoms with Crippen molar-refractivity contribution in [3.8, 4) is 0 Å². The van der Waals surface area contributed by atoms with E-state index in [1.807, 2.05) is 0 Å². The van der Waals surface area contributed by atoms with Gasteiger partial charge in [0.25, 0.3) is 0 Å². The fraction of sp³-hybridized carbons (Fsp3) is 0.800. The Morgan fingerprint density at radius 2 is 1.88 bits per heavy atom. The maximum atomic E-state index is 11.3. The van der Waals surface area contributed by atoms with Crippen LogP contribution in [0.1, 0.15) is 27.2 Å².